The number of amides is 2. The standard InChI is InChI=1S/C24H26ClF3N4O4S/c25-20-7-2-1-6-19(20)22(23(34)30-17-8-10-24(27,28)11-9-17)32(18-5-3-4-16(26)14-18)21(33)15-29-37(35,36)31-12-13-31/h1-7,14,17,22,29H,8-13,15H2,(H,30,34)/t22-/m0/s1. The van der Waals surface area contributed by atoms with Gasteiger partial charge in [0.05, 0.1) is 6.54 Å². The molecule has 2 aromatic rings. The highest BCUT2D eigenvalue weighted by Crippen LogP contribution is 2.35. The molecule has 1 aliphatic carbocycles. The van der Waals surface area contributed by atoms with Crippen LogP contribution in [-0.2, 0) is 19.8 Å². The summed E-state index contributed by atoms with van der Waals surface area (Å²) in [6, 6.07) is 9.18. The quantitative estimate of drug-likeness (QED) is 0.461. The number of halogens is 4. The van der Waals surface area contributed by atoms with Gasteiger partial charge < -0.3 is 5.32 Å². The molecular weight excluding hydrogens is 533 g/mol. The number of carbonyl (C=O) groups is 2. The summed E-state index contributed by atoms with van der Waals surface area (Å²) in [4.78, 5) is 28.1. The van der Waals surface area contributed by atoms with Crippen LogP contribution >= 0.6 is 11.6 Å². The Bertz CT molecular complexity index is 1270. The first kappa shape index (κ1) is 27.4. The second-order valence-electron chi connectivity index (χ2n) is 9.03. The van der Waals surface area contributed by atoms with Gasteiger partial charge in [-0.15, -0.1) is 0 Å². The van der Waals surface area contributed by atoms with Gasteiger partial charge in [0.1, 0.15) is 11.9 Å². The zero-order valence-electron chi connectivity index (χ0n) is 19.7. The van der Waals surface area contributed by atoms with Gasteiger partial charge in [-0.2, -0.15) is 17.4 Å². The van der Waals surface area contributed by atoms with Crippen molar-refractivity contribution in [2.24, 2.45) is 0 Å². The van der Waals surface area contributed by atoms with E-state index in [-0.39, 0.29) is 42.0 Å². The smallest absolute Gasteiger partial charge is 0.280 e. The molecule has 1 saturated heterocycles. The monoisotopic (exact) mass is 558 g/mol. The lowest BCUT2D eigenvalue weighted by Gasteiger charge is -2.35. The van der Waals surface area contributed by atoms with Gasteiger partial charge in [-0.05, 0) is 37.1 Å². The summed E-state index contributed by atoms with van der Waals surface area (Å²) in [5.41, 5.74) is 0.195. The third-order valence-electron chi connectivity index (χ3n) is 6.28. The summed E-state index contributed by atoms with van der Waals surface area (Å²) in [5, 5.41) is 2.87. The van der Waals surface area contributed by atoms with Gasteiger partial charge >= 0.3 is 0 Å². The molecule has 37 heavy (non-hydrogen) atoms. The molecule has 2 amide bonds. The van der Waals surface area contributed by atoms with E-state index >= 15 is 0 Å². The Balaban J connectivity index is 1.69. The van der Waals surface area contributed by atoms with Gasteiger partial charge in [0.25, 0.3) is 10.2 Å². The van der Waals surface area contributed by atoms with Gasteiger partial charge in [0.2, 0.25) is 17.7 Å². The van der Waals surface area contributed by atoms with Crippen LogP contribution in [0.2, 0.25) is 5.02 Å². The Kier molecular flexibility index (Phi) is 8.12. The van der Waals surface area contributed by atoms with E-state index in [1.54, 1.807) is 12.1 Å². The van der Waals surface area contributed by atoms with Crippen molar-refractivity contribution in [2.75, 3.05) is 24.5 Å². The number of nitrogens with one attached hydrogen (secondary N) is 2. The highest BCUT2D eigenvalue weighted by molar-refractivity contribution is 7.87. The van der Waals surface area contributed by atoms with Crippen LogP contribution in [0.15, 0.2) is 48.5 Å². The van der Waals surface area contributed by atoms with Crippen molar-refractivity contribution in [3.63, 3.8) is 0 Å². The molecule has 2 aromatic carbocycles. The lowest BCUT2D eigenvalue weighted by Crippen LogP contribution is -2.50. The van der Waals surface area contributed by atoms with E-state index < -0.39 is 52.4 Å². The SMILES string of the molecule is O=C(NC1CCC(F)(F)CC1)[C@H](c1ccccc1Cl)N(C(=O)CNS(=O)(=O)N1CC1)c1cccc(F)c1. The van der Waals surface area contributed by atoms with E-state index in [4.69, 9.17) is 11.6 Å². The van der Waals surface area contributed by atoms with Gasteiger partial charge in [-0.1, -0.05) is 35.9 Å². The van der Waals surface area contributed by atoms with E-state index in [1.165, 1.54) is 24.3 Å². The van der Waals surface area contributed by atoms with Crippen molar-refractivity contribution < 1.29 is 31.2 Å². The molecule has 1 heterocycles. The molecule has 8 nitrogen and oxygen atoms in total. The molecule has 2 aliphatic rings. The molecule has 0 unspecified atom stereocenters. The molecule has 200 valence electrons. The minimum Gasteiger partial charge on any atom is -0.351 e. The molecule has 0 spiro atoms. The maximum Gasteiger partial charge on any atom is 0.280 e. The summed E-state index contributed by atoms with van der Waals surface area (Å²) >= 11 is 6.40. The molecule has 0 bridgehead atoms. The second kappa shape index (κ2) is 11.0. The van der Waals surface area contributed by atoms with Crippen LogP contribution in [-0.4, -0.2) is 56.1 Å². The summed E-state index contributed by atoms with van der Waals surface area (Å²) in [6.45, 7) is -0.0658. The van der Waals surface area contributed by atoms with E-state index in [9.17, 15) is 31.2 Å². The Morgan fingerprint density at radius 2 is 1.78 bits per heavy atom. The molecular formula is C24H26ClF3N4O4S. The summed E-state index contributed by atoms with van der Waals surface area (Å²) in [7, 11) is -3.89. The van der Waals surface area contributed by atoms with E-state index in [0.29, 0.717) is 13.1 Å². The molecule has 0 aromatic heterocycles. The largest absolute Gasteiger partial charge is 0.351 e. The van der Waals surface area contributed by atoms with Crippen molar-refractivity contribution in [2.45, 2.75) is 43.7 Å². The second-order valence-corrected chi connectivity index (χ2v) is 11.2. The van der Waals surface area contributed by atoms with Crippen molar-refractivity contribution in [1.82, 2.24) is 14.3 Å². The van der Waals surface area contributed by atoms with E-state index in [2.05, 4.69) is 10.0 Å². The Morgan fingerprint density at radius 1 is 1.11 bits per heavy atom. The van der Waals surface area contributed by atoms with Crippen LogP contribution in [0.3, 0.4) is 0 Å². The zero-order chi connectivity index (χ0) is 26.8. The summed E-state index contributed by atoms with van der Waals surface area (Å²) in [6.07, 6.45) is -0.700. The zero-order valence-corrected chi connectivity index (χ0v) is 21.2. The maximum atomic E-state index is 14.2. The third kappa shape index (κ3) is 6.81. The number of nitrogens with zero attached hydrogens (tertiary/aromatic N) is 2. The van der Waals surface area contributed by atoms with Crippen molar-refractivity contribution >= 4 is 39.3 Å². The predicted molar refractivity (Wildman–Crippen MR) is 132 cm³/mol. The normalized spacial score (nSPS) is 18.7. The van der Waals surface area contributed by atoms with E-state index in [1.807, 2.05) is 0 Å². The Morgan fingerprint density at radius 3 is 2.41 bits per heavy atom. The molecule has 1 saturated carbocycles. The number of rotatable bonds is 9. The molecule has 2 fully saturated rings. The van der Waals surface area contributed by atoms with Crippen LogP contribution in [0, 0.1) is 5.82 Å². The predicted octanol–water partition coefficient (Wildman–Crippen LogP) is 3.40. The van der Waals surface area contributed by atoms with Gasteiger partial charge in [-0.3, -0.25) is 14.5 Å². The third-order valence-corrected chi connectivity index (χ3v) is 8.18. The first-order valence-corrected chi connectivity index (χ1v) is 13.5. The van der Waals surface area contributed by atoms with Gasteiger partial charge in [-0.25, -0.2) is 13.2 Å². The van der Waals surface area contributed by atoms with Crippen LogP contribution in [0.1, 0.15) is 37.3 Å². The van der Waals surface area contributed by atoms with Crippen molar-refractivity contribution in [3.8, 4) is 0 Å². The Labute approximate surface area is 217 Å². The highest BCUT2D eigenvalue weighted by atomic mass is 35.5. The average Bonchev–Trinajstić information content (AvgIpc) is 3.69. The number of hydrogen-bond acceptors (Lipinski definition) is 4. The van der Waals surface area contributed by atoms with Crippen molar-refractivity contribution in [3.05, 3.63) is 64.9 Å². The fourth-order valence-corrected chi connectivity index (χ4v) is 5.52. The van der Waals surface area contributed by atoms with E-state index in [0.717, 1.165) is 21.3 Å². The van der Waals surface area contributed by atoms with Crippen LogP contribution in [0.5, 0.6) is 0 Å². The average molecular weight is 559 g/mol. The highest BCUT2D eigenvalue weighted by Gasteiger charge is 2.39. The minimum absolute atomic E-state index is 0.00817. The molecule has 2 N–H and O–H groups in total. The van der Waals surface area contributed by atoms with Crippen LogP contribution in [0.4, 0.5) is 18.9 Å². The molecule has 1 aliphatic heterocycles. The van der Waals surface area contributed by atoms with Crippen LogP contribution in [0.25, 0.3) is 0 Å². The minimum atomic E-state index is -3.89. The first-order valence-electron chi connectivity index (χ1n) is 11.7. The number of hydrogen-bond donors (Lipinski definition) is 2. The topological polar surface area (TPSA) is 98.6 Å². The molecule has 0 radical (unpaired) electrons. The van der Waals surface area contributed by atoms with Gasteiger partial charge in [0.15, 0.2) is 0 Å². The lowest BCUT2D eigenvalue weighted by atomic mass is 9.91. The van der Waals surface area contributed by atoms with Crippen molar-refractivity contribution in [1.29, 1.82) is 0 Å². The fraction of sp³-hybridized carbons (Fsp3) is 0.417. The lowest BCUT2D eigenvalue weighted by molar-refractivity contribution is -0.127. The molecule has 13 heteroatoms. The van der Waals surface area contributed by atoms with Gasteiger partial charge in [0, 0.05) is 48.2 Å². The maximum absolute atomic E-state index is 14.2. The summed E-state index contributed by atoms with van der Waals surface area (Å²) in [5.74, 6) is -5.05. The number of anilines is 1. The Hall–Kier alpha value is -2.67. The van der Waals surface area contributed by atoms with Crippen LogP contribution < -0.4 is 14.9 Å². The molecule has 4 rings (SSSR count). The molecule has 1 atom stereocenters. The number of benzene rings is 2. The fourth-order valence-electron chi connectivity index (χ4n) is 4.23. The number of carbonyl (C=O) groups excluding carboxylic acids is 2. The summed E-state index contributed by atoms with van der Waals surface area (Å²) < 4.78 is 69.4. The first-order chi connectivity index (χ1) is 17.5. The number of alkyl halides is 2.